The van der Waals surface area contributed by atoms with E-state index in [1.54, 1.807) is 7.11 Å². The molecule has 0 aliphatic rings. The maximum Gasteiger partial charge on any atom is 0.206 e. The van der Waals surface area contributed by atoms with Crippen LogP contribution in [0.2, 0.25) is 0 Å². The number of aliphatic imine (C=N–C) groups is 1. The third-order valence-corrected chi connectivity index (χ3v) is 2.80. The van der Waals surface area contributed by atoms with Crippen LogP contribution in [0.5, 0.6) is 0 Å². The molecule has 0 saturated carbocycles. The summed E-state index contributed by atoms with van der Waals surface area (Å²) in [4.78, 5) is 4.36. The summed E-state index contributed by atoms with van der Waals surface area (Å²) >= 11 is 3.39. The van der Waals surface area contributed by atoms with E-state index >= 15 is 0 Å². The predicted molar refractivity (Wildman–Crippen MR) is 77.1 cm³/mol. The van der Waals surface area contributed by atoms with E-state index in [0.717, 1.165) is 10.0 Å². The summed E-state index contributed by atoms with van der Waals surface area (Å²) in [6, 6.07) is 8.15. The van der Waals surface area contributed by atoms with Crippen molar-refractivity contribution in [1.82, 2.24) is 10.7 Å². The first-order valence-corrected chi connectivity index (χ1v) is 6.46. The first-order chi connectivity index (χ1) is 8.65. The molecule has 1 atom stereocenters. The molecular weight excluding hydrogens is 296 g/mol. The lowest BCUT2D eigenvalue weighted by Crippen LogP contribution is -2.46. The lowest BCUT2D eigenvalue weighted by Gasteiger charge is -2.15. The van der Waals surface area contributed by atoms with Crippen molar-refractivity contribution < 1.29 is 4.74 Å². The van der Waals surface area contributed by atoms with Crippen LogP contribution < -0.4 is 16.6 Å². The van der Waals surface area contributed by atoms with E-state index < -0.39 is 0 Å². The summed E-state index contributed by atoms with van der Waals surface area (Å²) in [5, 5.41) is 3.13. The summed E-state index contributed by atoms with van der Waals surface area (Å²) in [5.41, 5.74) is 3.66. The van der Waals surface area contributed by atoms with Crippen molar-refractivity contribution in [3.8, 4) is 0 Å². The number of benzene rings is 1. The zero-order valence-electron chi connectivity index (χ0n) is 10.6. The second kappa shape index (κ2) is 8.07. The predicted octanol–water partition coefficient (Wildman–Crippen LogP) is 1.39. The molecule has 1 aromatic carbocycles. The standard InChI is InChI=1S/C12H19BrN4O/c1-9(8-18-2)16-12(17-14)15-7-10-3-5-11(13)6-4-10/h3-6,9H,7-8,14H2,1-2H3,(H2,15,16,17). The third-order valence-electron chi connectivity index (χ3n) is 2.27. The molecule has 1 unspecified atom stereocenters. The Morgan fingerprint density at radius 1 is 1.44 bits per heavy atom. The molecule has 100 valence electrons. The largest absolute Gasteiger partial charge is 0.383 e. The number of nitrogens with zero attached hydrogens (tertiary/aromatic N) is 1. The summed E-state index contributed by atoms with van der Waals surface area (Å²) in [6.45, 7) is 3.16. The average molecular weight is 315 g/mol. The Kier molecular flexibility index (Phi) is 6.70. The molecule has 1 rings (SSSR count). The Morgan fingerprint density at radius 3 is 2.67 bits per heavy atom. The molecule has 0 saturated heterocycles. The van der Waals surface area contributed by atoms with Crippen molar-refractivity contribution in [2.75, 3.05) is 13.7 Å². The van der Waals surface area contributed by atoms with Gasteiger partial charge >= 0.3 is 0 Å². The number of hydrazine groups is 1. The molecule has 0 heterocycles. The number of guanidine groups is 1. The third kappa shape index (κ3) is 5.48. The van der Waals surface area contributed by atoms with Crippen molar-refractivity contribution in [2.24, 2.45) is 10.8 Å². The van der Waals surface area contributed by atoms with Crippen molar-refractivity contribution in [2.45, 2.75) is 19.5 Å². The van der Waals surface area contributed by atoms with E-state index in [2.05, 4.69) is 31.7 Å². The molecule has 0 fully saturated rings. The Labute approximate surface area is 116 Å². The van der Waals surface area contributed by atoms with Gasteiger partial charge in [0.1, 0.15) is 0 Å². The zero-order chi connectivity index (χ0) is 13.4. The van der Waals surface area contributed by atoms with Crippen LogP contribution in [0.4, 0.5) is 0 Å². The minimum Gasteiger partial charge on any atom is -0.383 e. The molecule has 0 spiro atoms. The van der Waals surface area contributed by atoms with Crippen LogP contribution in [0.1, 0.15) is 12.5 Å². The van der Waals surface area contributed by atoms with Crippen molar-refractivity contribution in [3.05, 3.63) is 34.3 Å². The number of methoxy groups -OCH3 is 1. The molecule has 0 aromatic heterocycles. The lowest BCUT2D eigenvalue weighted by atomic mass is 10.2. The molecule has 0 aliphatic heterocycles. The van der Waals surface area contributed by atoms with Crippen LogP contribution in [-0.4, -0.2) is 25.7 Å². The van der Waals surface area contributed by atoms with E-state index in [-0.39, 0.29) is 6.04 Å². The van der Waals surface area contributed by atoms with E-state index in [1.807, 2.05) is 31.2 Å². The fourth-order valence-corrected chi connectivity index (χ4v) is 1.68. The number of hydrogen-bond acceptors (Lipinski definition) is 3. The Bertz CT molecular complexity index is 380. The van der Waals surface area contributed by atoms with Gasteiger partial charge in [0.15, 0.2) is 0 Å². The molecular formula is C12H19BrN4O. The summed E-state index contributed by atoms with van der Waals surface area (Å²) < 4.78 is 6.09. The normalized spacial score (nSPS) is 13.2. The minimum atomic E-state index is 0.148. The molecule has 4 N–H and O–H groups in total. The SMILES string of the molecule is COCC(C)NC(=NCc1ccc(Br)cc1)NN. The lowest BCUT2D eigenvalue weighted by molar-refractivity contribution is 0.179. The topological polar surface area (TPSA) is 71.7 Å². The molecule has 0 amide bonds. The van der Waals surface area contributed by atoms with Crippen LogP contribution in [0.25, 0.3) is 0 Å². The van der Waals surface area contributed by atoms with Crippen LogP contribution in [0, 0.1) is 0 Å². The number of nitrogens with two attached hydrogens (primary N) is 1. The van der Waals surface area contributed by atoms with E-state index in [1.165, 1.54) is 0 Å². The highest BCUT2D eigenvalue weighted by molar-refractivity contribution is 9.10. The highest BCUT2D eigenvalue weighted by atomic mass is 79.9. The van der Waals surface area contributed by atoms with Gasteiger partial charge in [0.25, 0.3) is 0 Å². The van der Waals surface area contributed by atoms with Gasteiger partial charge in [0.2, 0.25) is 5.96 Å². The van der Waals surface area contributed by atoms with Gasteiger partial charge < -0.3 is 10.1 Å². The first-order valence-electron chi connectivity index (χ1n) is 5.66. The summed E-state index contributed by atoms with van der Waals surface area (Å²) in [5.74, 6) is 5.97. The average Bonchev–Trinajstić information content (AvgIpc) is 2.36. The molecule has 18 heavy (non-hydrogen) atoms. The minimum absolute atomic E-state index is 0.148. The monoisotopic (exact) mass is 314 g/mol. The highest BCUT2D eigenvalue weighted by Crippen LogP contribution is 2.10. The molecule has 0 aliphatic carbocycles. The fraction of sp³-hybridized carbons (Fsp3) is 0.417. The van der Waals surface area contributed by atoms with Crippen LogP contribution in [0.15, 0.2) is 33.7 Å². The number of halogens is 1. The second-order valence-electron chi connectivity index (χ2n) is 3.94. The number of ether oxygens (including phenoxy) is 1. The van der Waals surface area contributed by atoms with Gasteiger partial charge in [-0.3, -0.25) is 5.43 Å². The summed E-state index contributed by atoms with van der Waals surface area (Å²) in [7, 11) is 1.66. The molecule has 1 aromatic rings. The first kappa shape index (κ1) is 14.9. The second-order valence-corrected chi connectivity index (χ2v) is 4.85. The van der Waals surface area contributed by atoms with Gasteiger partial charge in [0.05, 0.1) is 13.2 Å². The van der Waals surface area contributed by atoms with Crippen molar-refractivity contribution >= 4 is 21.9 Å². The Balaban J connectivity index is 2.54. The van der Waals surface area contributed by atoms with Crippen LogP contribution in [0.3, 0.4) is 0 Å². The molecule has 0 bridgehead atoms. The summed E-state index contributed by atoms with van der Waals surface area (Å²) in [6.07, 6.45) is 0. The van der Waals surface area contributed by atoms with Gasteiger partial charge in [-0.1, -0.05) is 28.1 Å². The van der Waals surface area contributed by atoms with Crippen molar-refractivity contribution in [3.63, 3.8) is 0 Å². The van der Waals surface area contributed by atoms with Crippen molar-refractivity contribution in [1.29, 1.82) is 0 Å². The van der Waals surface area contributed by atoms with Gasteiger partial charge in [-0.15, -0.1) is 0 Å². The maximum atomic E-state index is 5.41. The Morgan fingerprint density at radius 2 is 2.11 bits per heavy atom. The maximum absolute atomic E-state index is 5.41. The number of hydrogen-bond donors (Lipinski definition) is 3. The van der Waals surface area contributed by atoms with Gasteiger partial charge in [-0.05, 0) is 24.6 Å². The van der Waals surface area contributed by atoms with Crippen LogP contribution >= 0.6 is 15.9 Å². The number of nitrogens with one attached hydrogen (secondary N) is 2. The number of rotatable bonds is 5. The quantitative estimate of drug-likeness (QED) is 0.332. The van der Waals surface area contributed by atoms with Gasteiger partial charge in [-0.25, -0.2) is 10.8 Å². The molecule has 5 nitrogen and oxygen atoms in total. The highest BCUT2D eigenvalue weighted by Gasteiger charge is 2.03. The van der Waals surface area contributed by atoms with Gasteiger partial charge in [-0.2, -0.15) is 0 Å². The molecule has 6 heteroatoms. The van der Waals surface area contributed by atoms with E-state index in [4.69, 9.17) is 10.6 Å². The zero-order valence-corrected chi connectivity index (χ0v) is 12.2. The van der Waals surface area contributed by atoms with E-state index in [0.29, 0.717) is 19.1 Å². The van der Waals surface area contributed by atoms with E-state index in [9.17, 15) is 0 Å². The van der Waals surface area contributed by atoms with Gasteiger partial charge in [0, 0.05) is 17.6 Å². The van der Waals surface area contributed by atoms with Crippen LogP contribution in [-0.2, 0) is 11.3 Å². The molecule has 0 radical (unpaired) electrons. The smallest absolute Gasteiger partial charge is 0.206 e. The fourth-order valence-electron chi connectivity index (χ4n) is 1.42. The Hall–Kier alpha value is -1.11.